The molecular formula is C18H15N3O6S. The van der Waals surface area contributed by atoms with Crippen molar-refractivity contribution in [3.8, 4) is 10.7 Å². The van der Waals surface area contributed by atoms with E-state index in [1.165, 1.54) is 29.5 Å². The van der Waals surface area contributed by atoms with Gasteiger partial charge in [-0.05, 0) is 18.4 Å². The molecule has 0 saturated carbocycles. The quantitative estimate of drug-likeness (QED) is 0.243. The number of ether oxygens (including phenoxy) is 1. The number of hydrogen-bond acceptors (Lipinski definition) is 9. The van der Waals surface area contributed by atoms with E-state index in [0.29, 0.717) is 17.3 Å². The maximum absolute atomic E-state index is 12.1. The van der Waals surface area contributed by atoms with Gasteiger partial charge in [-0.1, -0.05) is 23.4 Å². The molecule has 0 aliphatic rings. The van der Waals surface area contributed by atoms with Gasteiger partial charge in [0.2, 0.25) is 17.5 Å². The molecule has 2 heterocycles. The van der Waals surface area contributed by atoms with Gasteiger partial charge in [0.05, 0.1) is 16.2 Å². The Morgan fingerprint density at radius 2 is 2.14 bits per heavy atom. The van der Waals surface area contributed by atoms with Crippen LogP contribution in [-0.2, 0) is 16.0 Å². The van der Waals surface area contributed by atoms with Crippen molar-refractivity contribution in [3.63, 3.8) is 0 Å². The van der Waals surface area contributed by atoms with Gasteiger partial charge >= 0.3 is 5.97 Å². The second kappa shape index (κ2) is 8.53. The monoisotopic (exact) mass is 401 g/mol. The van der Waals surface area contributed by atoms with Crippen LogP contribution in [0.5, 0.6) is 0 Å². The van der Waals surface area contributed by atoms with E-state index in [0.717, 1.165) is 4.88 Å². The standard InChI is InChI=1S/C18H15N3O6S/c1-11-4-5-12(9-13(11)21(24)25)14(22)10-26-17(23)7-6-16-19-18(20-27-16)15-3-2-8-28-15/h2-5,8-9H,6-7,10H2,1H3. The summed E-state index contributed by atoms with van der Waals surface area (Å²) in [5.74, 6) is -0.379. The number of thiophene rings is 1. The van der Waals surface area contributed by atoms with Gasteiger partial charge in [-0.3, -0.25) is 19.7 Å². The third kappa shape index (κ3) is 4.65. The Morgan fingerprint density at radius 3 is 2.86 bits per heavy atom. The average Bonchev–Trinajstić information content (AvgIpc) is 3.36. The van der Waals surface area contributed by atoms with Crippen LogP contribution in [0.15, 0.2) is 40.2 Å². The Balaban J connectivity index is 1.50. The Labute approximate surface area is 163 Å². The van der Waals surface area contributed by atoms with Gasteiger partial charge in [0.15, 0.2) is 6.61 Å². The molecule has 1 aromatic carbocycles. The summed E-state index contributed by atoms with van der Waals surface area (Å²) >= 11 is 1.47. The highest BCUT2D eigenvalue weighted by Gasteiger charge is 2.17. The van der Waals surface area contributed by atoms with Crippen molar-refractivity contribution in [3.05, 3.63) is 62.8 Å². The highest BCUT2D eigenvalue weighted by Crippen LogP contribution is 2.22. The lowest BCUT2D eigenvalue weighted by atomic mass is 10.1. The Hall–Kier alpha value is -3.40. The average molecular weight is 401 g/mol. The van der Waals surface area contributed by atoms with Gasteiger partial charge in [0, 0.05) is 23.6 Å². The van der Waals surface area contributed by atoms with E-state index in [1.54, 1.807) is 6.92 Å². The second-order valence-electron chi connectivity index (χ2n) is 5.83. The molecule has 0 aliphatic heterocycles. The summed E-state index contributed by atoms with van der Waals surface area (Å²) in [6, 6.07) is 7.84. The number of aryl methyl sites for hydroxylation is 2. The Morgan fingerprint density at radius 1 is 1.32 bits per heavy atom. The third-order valence-corrected chi connectivity index (χ3v) is 4.71. The summed E-state index contributed by atoms with van der Waals surface area (Å²) in [5, 5.41) is 16.7. The topological polar surface area (TPSA) is 125 Å². The smallest absolute Gasteiger partial charge is 0.306 e. The first-order chi connectivity index (χ1) is 13.4. The lowest BCUT2D eigenvalue weighted by Gasteiger charge is -2.04. The first-order valence-corrected chi connectivity index (χ1v) is 9.12. The molecule has 0 spiro atoms. The van der Waals surface area contributed by atoms with Gasteiger partial charge < -0.3 is 9.26 Å². The number of nitro benzene ring substituents is 1. The number of nitro groups is 1. The molecule has 0 N–H and O–H groups in total. The van der Waals surface area contributed by atoms with Crippen LogP contribution in [-0.4, -0.2) is 33.4 Å². The van der Waals surface area contributed by atoms with Crippen LogP contribution >= 0.6 is 11.3 Å². The van der Waals surface area contributed by atoms with Crippen LogP contribution in [0.3, 0.4) is 0 Å². The van der Waals surface area contributed by atoms with E-state index < -0.39 is 23.3 Å². The summed E-state index contributed by atoms with van der Waals surface area (Å²) in [7, 11) is 0. The van der Waals surface area contributed by atoms with Crippen molar-refractivity contribution >= 4 is 28.8 Å². The van der Waals surface area contributed by atoms with E-state index >= 15 is 0 Å². The molecule has 0 atom stereocenters. The van der Waals surface area contributed by atoms with E-state index in [1.807, 2.05) is 17.5 Å². The molecule has 0 bridgehead atoms. The van der Waals surface area contributed by atoms with Crippen molar-refractivity contribution < 1.29 is 23.8 Å². The minimum absolute atomic E-state index is 0.0343. The van der Waals surface area contributed by atoms with E-state index in [4.69, 9.17) is 9.26 Å². The predicted molar refractivity (Wildman–Crippen MR) is 99.1 cm³/mol. The van der Waals surface area contributed by atoms with Crippen LogP contribution < -0.4 is 0 Å². The van der Waals surface area contributed by atoms with Crippen molar-refractivity contribution in [2.24, 2.45) is 0 Å². The molecule has 0 fully saturated rings. The van der Waals surface area contributed by atoms with Crippen LogP contribution in [0.4, 0.5) is 5.69 Å². The number of aromatic nitrogens is 2. The molecule has 0 radical (unpaired) electrons. The van der Waals surface area contributed by atoms with Crippen molar-refractivity contribution in [2.75, 3.05) is 6.61 Å². The van der Waals surface area contributed by atoms with Crippen LogP contribution in [0.25, 0.3) is 10.7 Å². The zero-order valence-corrected chi connectivity index (χ0v) is 15.6. The second-order valence-corrected chi connectivity index (χ2v) is 6.78. The SMILES string of the molecule is Cc1ccc(C(=O)COC(=O)CCc2nc(-c3cccs3)no2)cc1[N+](=O)[O-]. The summed E-state index contributed by atoms with van der Waals surface area (Å²) < 4.78 is 10.0. The van der Waals surface area contributed by atoms with Crippen molar-refractivity contribution in [2.45, 2.75) is 19.8 Å². The molecular weight excluding hydrogens is 386 g/mol. The van der Waals surface area contributed by atoms with E-state index in [9.17, 15) is 19.7 Å². The molecule has 2 aromatic heterocycles. The summed E-state index contributed by atoms with van der Waals surface area (Å²) in [5.41, 5.74) is 0.401. The maximum atomic E-state index is 12.1. The molecule has 9 nitrogen and oxygen atoms in total. The number of ketones is 1. The zero-order valence-electron chi connectivity index (χ0n) is 14.8. The van der Waals surface area contributed by atoms with Gasteiger partial charge in [-0.15, -0.1) is 11.3 Å². The van der Waals surface area contributed by atoms with E-state index in [2.05, 4.69) is 10.1 Å². The molecule has 28 heavy (non-hydrogen) atoms. The molecule has 0 amide bonds. The molecule has 0 unspecified atom stereocenters. The van der Waals surface area contributed by atoms with Gasteiger partial charge in [-0.25, -0.2) is 0 Å². The number of esters is 1. The van der Waals surface area contributed by atoms with E-state index in [-0.39, 0.29) is 24.1 Å². The molecule has 0 saturated heterocycles. The molecule has 3 aromatic rings. The lowest BCUT2D eigenvalue weighted by molar-refractivity contribution is -0.385. The molecule has 144 valence electrons. The third-order valence-electron chi connectivity index (χ3n) is 3.84. The van der Waals surface area contributed by atoms with Crippen LogP contribution in [0.2, 0.25) is 0 Å². The minimum atomic E-state index is -0.606. The molecule has 3 rings (SSSR count). The number of rotatable bonds is 8. The first-order valence-electron chi connectivity index (χ1n) is 8.24. The number of hydrogen-bond donors (Lipinski definition) is 0. The lowest BCUT2D eigenvalue weighted by Crippen LogP contribution is -2.15. The number of carbonyl (C=O) groups is 2. The van der Waals surface area contributed by atoms with Gasteiger partial charge in [0.1, 0.15) is 0 Å². The highest BCUT2D eigenvalue weighted by atomic mass is 32.1. The summed E-state index contributed by atoms with van der Waals surface area (Å²) in [6.07, 6.45) is 0.148. The fourth-order valence-corrected chi connectivity index (χ4v) is 3.00. The number of Topliss-reactive ketones (excluding diaryl/α,β-unsaturated/α-hetero) is 1. The maximum Gasteiger partial charge on any atom is 0.306 e. The fourth-order valence-electron chi connectivity index (χ4n) is 2.35. The van der Waals surface area contributed by atoms with Crippen molar-refractivity contribution in [1.82, 2.24) is 10.1 Å². The summed E-state index contributed by atoms with van der Waals surface area (Å²) in [6.45, 7) is 1.08. The van der Waals surface area contributed by atoms with Crippen LogP contribution in [0.1, 0.15) is 28.2 Å². The van der Waals surface area contributed by atoms with Gasteiger partial charge in [0.25, 0.3) is 5.69 Å². The number of carbonyl (C=O) groups excluding carboxylic acids is 2. The van der Waals surface area contributed by atoms with Crippen molar-refractivity contribution in [1.29, 1.82) is 0 Å². The Bertz CT molecular complexity index is 1010. The largest absolute Gasteiger partial charge is 0.457 e. The van der Waals surface area contributed by atoms with Crippen LogP contribution in [0, 0.1) is 17.0 Å². The zero-order chi connectivity index (χ0) is 20.1. The van der Waals surface area contributed by atoms with Gasteiger partial charge in [-0.2, -0.15) is 4.98 Å². The minimum Gasteiger partial charge on any atom is -0.457 e. The molecule has 0 aliphatic carbocycles. The fraction of sp³-hybridized carbons (Fsp3) is 0.222. The normalized spacial score (nSPS) is 10.6. The first kappa shape index (κ1) is 19.4. The Kier molecular flexibility index (Phi) is 5.90. The predicted octanol–water partition coefficient (Wildman–Crippen LogP) is 3.37. The number of nitrogens with zero attached hydrogens (tertiary/aromatic N) is 3. The summed E-state index contributed by atoms with van der Waals surface area (Å²) in [4.78, 5) is 39.4. The number of benzene rings is 1. The highest BCUT2D eigenvalue weighted by molar-refractivity contribution is 7.13. The molecule has 10 heteroatoms.